The van der Waals surface area contributed by atoms with Gasteiger partial charge in [0.1, 0.15) is 5.82 Å². The molecule has 5 nitrogen and oxygen atoms in total. The molecule has 1 aromatic carbocycles. The molecule has 0 saturated carbocycles. The first-order valence-electron chi connectivity index (χ1n) is 7.19. The van der Waals surface area contributed by atoms with Crippen molar-refractivity contribution in [1.82, 2.24) is 14.5 Å². The minimum Gasteiger partial charge on any atom is -0.383 e. The number of imidazole rings is 1. The first-order chi connectivity index (χ1) is 11.0. The van der Waals surface area contributed by atoms with E-state index >= 15 is 0 Å². The Labute approximate surface area is 145 Å². The van der Waals surface area contributed by atoms with Crippen LogP contribution in [0.25, 0.3) is 0 Å². The molecule has 0 unspecified atom stereocenters. The van der Waals surface area contributed by atoms with Gasteiger partial charge < -0.3 is 14.2 Å². The summed E-state index contributed by atoms with van der Waals surface area (Å²) >= 11 is 12.0. The molecule has 0 bridgehead atoms. The highest BCUT2D eigenvalue weighted by molar-refractivity contribution is 6.42. The number of carbonyl (C=O) groups excluding carboxylic acids is 1. The average Bonchev–Trinajstić information content (AvgIpc) is 2.94. The lowest BCUT2D eigenvalue weighted by Crippen LogP contribution is -2.32. The summed E-state index contributed by atoms with van der Waals surface area (Å²) in [5.74, 6) is 0.800. The van der Waals surface area contributed by atoms with E-state index in [9.17, 15) is 4.79 Å². The van der Waals surface area contributed by atoms with Crippen molar-refractivity contribution in [3.05, 3.63) is 52.0 Å². The normalized spacial score (nSPS) is 10.8. The molecular formula is C16H19Cl2N3O2. The lowest BCUT2D eigenvalue weighted by atomic mass is 10.2. The van der Waals surface area contributed by atoms with E-state index in [1.54, 1.807) is 31.2 Å². The van der Waals surface area contributed by atoms with Crippen LogP contribution in [0.1, 0.15) is 18.3 Å². The minimum absolute atomic E-state index is 0.00821. The Morgan fingerprint density at radius 3 is 2.78 bits per heavy atom. The first kappa shape index (κ1) is 17.8. The van der Waals surface area contributed by atoms with Crippen LogP contribution in [0.5, 0.6) is 0 Å². The van der Waals surface area contributed by atoms with Crippen LogP contribution in [0.15, 0.2) is 30.6 Å². The summed E-state index contributed by atoms with van der Waals surface area (Å²) < 4.78 is 7.03. The van der Waals surface area contributed by atoms with Crippen LogP contribution in [-0.4, -0.2) is 40.6 Å². The van der Waals surface area contributed by atoms with Crippen molar-refractivity contribution in [3.63, 3.8) is 0 Å². The standard InChI is InChI=1S/C16H19Cl2N3O2/c1-12(22)20(7-8-23-2)11-16-19-5-6-21(16)10-13-3-4-14(17)15(18)9-13/h3-6,9H,7-8,10-11H2,1-2H3. The number of hydrogen-bond donors (Lipinski definition) is 0. The molecule has 7 heteroatoms. The average molecular weight is 356 g/mol. The molecule has 0 spiro atoms. The van der Waals surface area contributed by atoms with Gasteiger partial charge in [0, 0.05) is 39.5 Å². The Morgan fingerprint density at radius 2 is 2.13 bits per heavy atom. The number of halogens is 2. The molecule has 23 heavy (non-hydrogen) atoms. The van der Waals surface area contributed by atoms with Crippen LogP contribution in [0.3, 0.4) is 0 Å². The Morgan fingerprint density at radius 1 is 1.35 bits per heavy atom. The van der Waals surface area contributed by atoms with Crippen LogP contribution in [0.4, 0.5) is 0 Å². The van der Waals surface area contributed by atoms with Gasteiger partial charge in [-0.15, -0.1) is 0 Å². The fourth-order valence-corrected chi connectivity index (χ4v) is 2.51. The molecule has 0 atom stereocenters. The van der Waals surface area contributed by atoms with Gasteiger partial charge in [0.05, 0.1) is 23.2 Å². The van der Waals surface area contributed by atoms with E-state index in [1.807, 2.05) is 22.9 Å². The number of nitrogens with zero attached hydrogens (tertiary/aromatic N) is 3. The molecule has 0 fully saturated rings. The number of aromatic nitrogens is 2. The Balaban J connectivity index is 2.11. The van der Waals surface area contributed by atoms with Crippen molar-refractivity contribution in [3.8, 4) is 0 Å². The maximum Gasteiger partial charge on any atom is 0.219 e. The van der Waals surface area contributed by atoms with Gasteiger partial charge >= 0.3 is 0 Å². The Hall–Kier alpha value is -1.56. The molecule has 124 valence electrons. The predicted octanol–water partition coefficient (Wildman–Crippen LogP) is 3.23. The van der Waals surface area contributed by atoms with Crippen LogP contribution in [0, 0.1) is 0 Å². The van der Waals surface area contributed by atoms with E-state index in [0.717, 1.165) is 11.4 Å². The second-order valence-electron chi connectivity index (χ2n) is 5.15. The number of amides is 1. The van der Waals surface area contributed by atoms with Crippen LogP contribution >= 0.6 is 23.2 Å². The molecule has 0 N–H and O–H groups in total. The van der Waals surface area contributed by atoms with Gasteiger partial charge in [-0.05, 0) is 17.7 Å². The number of rotatable bonds is 7. The number of methoxy groups -OCH3 is 1. The van der Waals surface area contributed by atoms with Gasteiger partial charge in [0.2, 0.25) is 5.91 Å². The fraction of sp³-hybridized carbons (Fsp3) is 0.375. The summed E-state index contributed by atoms with van der Waals surface area (Å²) in [6, 6.07) is 5.53. The van der Waals surface area contributed by atoms with Gasteiger partial charge in [-0.3, -0.25) is 4.79 Å². The number of hydrogen-bond acceptors (Lipinski definition) is 3. The number of benzene rings is 1. The summed E-state index contributed by atoms with van der Waals surface area (Å²) in [6.07, 6.45) is 3.61. The summed E-state index contributed by atoms with van der Waals surface area (Å²) in [7, 11) is 1.61. The van der Waals surface area contributed by atoms with Crippen LogP contribution < -0.4 is 0 Å². The molecule has 2 rings (SSSR count). The monoisotopic (exact) mass is 355 g/mol. The van der Waals surface area contributed by atoms with E-state index < -0.39 is 0 Å². The van der Waals surface area contributed by atoms with Crippen molar-refractivity contribution in [2.24, 2.45) is 0 Å². The molecule has 0 aliphatic rings. The van der Waals surface area contributed by atoms with Gasteiger partial charge in [-0.2, -0.15) is 0 Å². The third-order valence-corrected chi connectivity index (χ3v) is 4.22. The molecule has 1 aromatic heterocycles. The van der Waals surface area contributed by atoms with Crippen molar-refractivity contribution in [2.75, 3.05) is 20.3 Å². The second kappa shape index (κ2) is 8.34. The van der Waals surface area contributed by atoms with Crippen LogP contribution in [0.2, 0.25) is 10.0 Å². The van der Waals surface area contributed by atoms with Gasteiger partial charge in [0.15, 0.2) is 0 Å². The molecule has 0 radical (unpaired) electrons. The highest BCUT2D eigenvalue weighted by Gasteiger charge is 2.13. The molecule has 1 heterocycles. The van der Waals surface area contributed by atoms with Gasteiger partial charge in [0.25, 0.3) is 0 Å². The summed E-state index contributed by atoms with van der Waals surface area (Å²) in [5, 5.41) is 1.06. The quantitative estimate of drug-likeness (QED) is 0.765. The van der Waals surface area contributed by atoms with Crippen molar-refractivity contribution < 1.29 is 9.53 Å². The van der Waals surface area contributed by atoms with Crippen LogP contribution in [-0.2, 0) is 22.6 Å². The molecule has 0 saturated heterocycles. The molecule has 1 amide bonds. The summed E-state index contributed by atoms with van der Waals surface area (Å²) in [5.41, 5.74) is 1.02. The lowest BCUT2D eigenvalue weighted by Gasteiger charge is -2.21. The number of ether oxygens (including phenoxy) is 1. The summed E-state index contributed by atoms with van der Waals surface area (Å²) in [6.45, 7) is 3.62. The van der Waals surface area contributed by atoms with Crippen molar-refractivity contribution in [1.29, 1.82) is 0 Å². The lowest BCUT2D eigenvalue weighted by molar-refractivity contribution is -0.130. The largest absolute Gasteiger partial charge is 0.383 e. The highest BCUT2D eigenvalue weighted by atomic mass is 35.5. The Kier molecular flexibility index (Phi) is 6.45. The van der Waals surface area contributed by atoms with Gasteiger partial charge in [-0.1, -0.05) is 29.3 Å². The third kappa shape index (κ3) is 4.96. The first-order valence-corrected chi connectivity index (χ1v) is 7.95. The van der Waals surface area contributed by atoms with E-state index in [4.69, 9.17) is 27.9 Å². The molecule has 0 aliphatic heterocycles. The summed E-state index contributed by atoms with van der Waals surface area (Å²) in [4.78, 5) is 17.8. The second-order valence-corrected chi connectivity index (χ2v) is 5.97. The zero-order valence-corrected chi connectivity index (χ0v) is 14.6. The maximum atomic E-state index is 11.7. The van der Waals surface area contributed by atoms with Crippen molar-refractivity contribution >= 4 is 29.1 Å². The zero-order chi connectivity index (χ0) is 16.8. The van der Waals surface area contributed by atoms with Crippen molar-refractivity contribution in [2.45, 2.75) is 20.0 Å². The van der Waals surface area contributed by atoms with E-state index in [-0.39, 0.29) is 5.91 Å². The minimum atomic E-state index is -0.00821. The molecule has 0 aliphatic carbocycles. The van der Waals surface area contributed by atoms with E-state index in [1.165, 1.54) is 0 Å². The highest BCUT2D eigenvalue weighted by Crippen LogP contribution is 2.23. The molecule has 2 aromatic rings. The predicted molar refractivity (Wildman–Crippen MR) is 90.8 cm³/mol. The zero-order valence-electron chi connectivity index (χ0n) is 13.1. The molecular weight excluding hydrogens is 337 g/mol. The third-order valence-electron chi connectivity index (χ3n) is 3.48. The van der Waals surface area contributed by atoms with E-state index in [2.05, 4.69) is 4.98 Å². The smallest absolute Gasteiger partial charge is 0.219 e. The van der Waals surface area contributed by atoms with E-state index in [0.29, 0.717) is 36.3 Å². The maximum absolute atomic E-state index is 11.7. The number of carbonyl (C=O) groups is 1. The van der Waals surface area contributed by atoms with Gasteiger partial charge in [-0.25, -0.2) is 4.98 Å². The Bertz CT molecular complexity index is 673. The SMILES string of the molecule is COCCN(Cc1nccn1Cc1ccc(Cl)c(Cl)c1)C(C)=O. The fourth-order valence-electron chi connectivity index (χ4n) is 2.19. The topological polar surface area (TPSA) is 47.4 Å².